The predicted molar refractivity (Wildman–Crippen MR) is 81.0 cm³/mol. The molecule has 1 aromatic rings. The second kappa shape index (κ2) is 5.13. The molecule has 0 aromatic heterocycles. The minimum atomic E-state index is -0.368. The standard InChI is InChI=1S/C17H25NO2/c1-13(14-9-7-6-8-10-14)18(5)12-11-15(18)16(19)20-17(2,3)4/h6-10,13H,11-12H2,1-5H3/p+1/b16-15+/t13-,18-/m0/s1. The maximum absolute atomic E-state index is 10.3. The summed E-state index contributed by atoms with van der Waals surface area (Å²) in [4.78, 5) is 0. The minimum absolute atomic E-state index is 0.106. The molecule has 0 bridgehead atoms. The van der Waals surface area contributed by atoms with Crippen molar-refractivity contribution in [1.29, 1.82) is 0 Å². The van der Waals surface area contributed by atoms with Crippen LogP contribution >= 0.6 is 0 Å². The summed E-state index contributed by atoms with van der Waals surface area (Å²) in [6, 6.07) is 10.8. The lowest BCUT2D eigenvalue weighted by molar-refractivity contribution is -0.935. The van der Waals surface area contributed by atoms with Crippen LogP contribution in [0.2, 0.25) is 0 Å². The maximum atomic E-state index is 10.3. The summed E-state index contributed by atoms with van der Waals surface area (Å²) in [5.74, 6) is 0.106. The summed E-state index contributed by atoms with van der Waals surface area (Å²) < 4.78 is 6.37. The molecule has 1 aliphatic rings. The first-order valence-electron chi connectivity index (χ1n) is 7.26. The van der Waals surface area contributed by atoms with Gasteiger partial charge in [-0.1, -0.05) is 30.3 Å². The predicted octanol–water partition coefficient (Wildman–Crippen LogP) is 4.14. The van der Waals surface area contributed by atoms with Crippen LogP contribution in [-0.4, -0.2) is 28.8 Å². The van der Waals surface area contributed by atoms with Crippen molar-refractivity contribution in [3.05, 3.63) is 47.5 Å². The molecule has 3 nitrogen and oxygen atoms in total. The molecule has 1 heterocycles. The number of quaternary nitrogens is 1. The van der Waals surface area contributed by atoms with Crippen LogP contribution in [0.4, 0.5) is 0 Å². The Morgan fingerprint density at radius 2 is 1.85 bits per heavy atom. The smallest absolute Gasteiger partial charge is 0.337 e. The van der Waals surface area contributed by atoms with E-state index in [1.807, 2.05) is 26.8 Å². The van der Waals surface area contributed by atoms with Crippen LogP contribution in [0.5, 0.6) is 0 Å². The third kappa shape index (κ3) is 2.83. The number of rotatable bonds is 3. The molecular formula is C17H26NO2+. The van der Waals surface area contributed by atoms with Crippen LogP contribution in [0.1, 0.15) is 45.7 Å². The Labute approximate surface area is 122 Å². The number of ether oxygens (including phenoxy) is 1. The number of likely N-dealkylation sites (tertiary alicyclic amines) is 1. The van der Waals surface area contributed by atoms with Gasteiger partial charge in [-0.2, -0.15) is 0 Å². The highest BCUT2D eigenvalue weighted by atomic mass is 16.6. The fourth-order valence-corrected chi connectivity index (χ4v) is 2.74. The van der Waals surface area contributed by atoms with Crippen molar-refractivity contribution in [2.45, 2.75) is 45.8 Å². The Balaban J connectivity index is 2.25. The van der Waals surface area contributed by atoms with Gasteiger partial charge in [0.05, 0.1) is 20.0 Å². The topological polar surface area (TPSA) is 29.5 Å². The first kappa shape index (κ1) is 14.9. The summed E-state index contributed by atoms with van der Waals surface area (Å²) in [6.45, 7) is 9.09. The van der Waals surface area contributed by atoms with Gasteiger partial charge in [-0.3, -0.25) is 4.48 Å². The summed E-state index contributed by atoms with van der Waals surface area (Å²) in [5, 5.41) is 10.3. The van der Waals surface area contributed by atoms with E-state index in [-0.39, 0.29) is 11.5 Å². The molecule has 0 spiro atoms. The van der Waals surface area contributed by atoms with Crippen LogP contribution in [0.25, 0.3) is 0 Å². The number of aliphatic hydroxyl groups excluding tert-OH is 1. The normalized spacial score (nSPS) is 26.6. The molecule has 0 aliphatic carbocycles. The molecule has 1 fully saturated rings. The van der Waals surface area contributed by atoms with Gasteiger partial charge >= 0.3 is 5.95 Å². The van der Waals surface area contributed by atoms with Crippen molar-refractivity contribution in [3.63, 3.8) is 0 Å². The second-order valence-corrected chi connectivity index (χ2v) is 6.79. The molecule has 0 radical (unpaired) electrons. The average Bonchev–Trinajstić information content (AvgIpc) is 2.34. The first-order valence-corrected chi connectivity index (χ1v) is 7.26. The molecule has 0 saturated carbocycles. The van der Waals surface area contributed by atoms with Crippen molar-refractivity contribution in [2.75, 3.05) is 13.6 Å². The summed E-state index contributed by atoms with van der Waals surface area (Å²) >= 11 is 0. The fraction of sp³-hybridized carbons (Fsp3) is 0.529. The number of benzene rings is 1. The van der Waals surface area contributed by atoms with E-state index in [0.717, 1.165) is 23.1 Å². The van der Waals surface area contributed by atoms with Gasteiger partial charge in [-0.05, 0) is 27.7 Å². The zero-order valence-corrected chi connectivity index (χ0v) is 13.2. The third-order valence-corrected chi connectivity index (χ3v) is 4.22. The van der Waals surface area contributed by atoms with E-state index in [4.69, 9.17) is 4.74 Å². The number of hydrogen-bond donors (Lipinski definition) is 1. The zero-order chi connectivity index (χ0) is 15.0. The monoisotopic (exact) mass is 276 g/mol. The Morgan fingerprint density at radius 3 is 2.30 bits per heavy atom. The van der Waals surface area contributed by atoms with Gasteiger partial charge in [0.2, 0.25) is 0 Å². The van der Waals surface area contributed by atoms with Crippen molar-refractivity contribution in [3.8, 4) is 0 Å². The lowest BCUT2D eigenvalue weighted by atomic mass is 9.96. The molecule has 2 rings (SSSR count). The van der Waals surface area contributed by atoms with E-state index in [2.05, 4.69) is 38.2 Å². The molecule has 110 valence electrons. The second-order valence-electron chi connectivity index (χ2n) is 6.79. The van der Waals surface area contributed by atoms with E-state index in [9.17, 15) is 5.11 Å². The summed E-state index contributed by atoms with van der Waals surface area (Å²) in [7, 11) is 2.17. The van der Waals surface area contributed by atoms with E-state index in [0.29, 0.717) is 6.04 Å². The van der Waals surface area contributed by atoms with E-state index in [1.165, 1.54) is 5.56 Å². The van der Waals surface area contributed by atoms with Crippen molar-refractivity contribution >= 4 is 0 Å². The Kier molecular flexibility index (Phi) is 3.83. The highest BCUT2D eigenvalue weighted by Crippen LogP contribution is 2.42. The van der Waals surface area contributed by atoms with Gasteiger partial charge in [0, 0.05) is 5.56 Å². The molecule has 20 heavy (non-hydrogen) atoms. The average molecular weight is 276 g/mol. The Morgan fingerprint density at radius 1 is 1.25 bits per heavy atom. The molecule has 1 aliphatic heterocycles. The Bertz CT molecular complexity index is 501. The van der Waals surface area contributed by atoms with Crippen LogP contribution in [0.15, 0.2) is 42.0 Å². The first-order chi connectivity index (χ1) is 9.24. The molecule has 3 heteroatoms. The number of hydrogen-bond acceptors (Lipinski definition) is 2. The number of nitrogens with zero attached hydrogens (tertiary/aromatic N) is 1. The van der Waals surface area contributed by atoms with Gasteiger partial charge in [0.25, 0.3) is 0 Å². The van der Waals surface area contributed by atoms with Crippen molar-refractivity contribution < 1.29 is 14.3 Å². The van der Waals surface area contributed by atoms with E-state index >= 15 is 0 Å². The van der Waals surface area contributed by atoms with Gasteiger partial charge in [-0.25, -0.2) is 0 Å². The third-order valence-electron chi connectivity index (χ3n) is 4.22. The largest absolute Gasteiger partial charge is 0.477 e. The lowest BCUT2D eigenvalue weighted by Gasteiger charge is -2.48. The fourth-order valence-electron chi connectivity index (χ4n) is 2.74. The molecule has 2 atom stereocenters. The van der Waals surface area contributed by atoms with Crippen molar-refractivity contribution in [1.82, 2.24) is 0 Å². The number of aliphatic hydroxyl groups is 1. The van der Waals surface area contributed by atoms with E-state index in [1.54, 1.807) is 0 Å². The SMILES string of the molecule is C[C@@H](c1ccccc1)[N@+]1(C)CC/C1=C(/O)OC(C)(C)C. The molecule has 0 unspecified atom stereocenters. The van der Waals surface area contributed by atoms with Gasteiger partial charge in [-0.15, -0.1) is 0 Å². The molecule has 1 saturated heterocycles. The lowest BCUT2D eigenvalue weighted by Crippen LogP contribution is -2.54. The molecular weight excluding hydrogens is 250 g/mol. The van der Waals surface area contributed by atoms with Crippen LogP contribution in [0.3, 0.4) is 0 Å². The quantitative estimate of drug-likeness (QED) is 0.664. The minimum Gasteiger partial charge on any atom is -0.477 e. The van der Waals surface area contributed by atoms with Gasteiger partial charge in [0.15, 0.2) is 5.70 Å². The zero-order valence-electron chi connectivity index (χ0n) is 13.2. The summed E-state index contributed by atoms with van der Waals surface area (Å²) in [6.07, 6.45) is 0.898. The Hall–Kier alpha value is -1.48. The van der Waals surface area contributed by atoms with Crippen LogP contribution in [-0.2, 0) is 4.74 Å². The van der Waals surface area contributed by atoms with Gasteiger partial charge < -0.3 is 9.84 Å². The van der Waals surface area contributed by atoms with Gasteiger partial charge in [0.1, 0.15) is 11.6 Å². The highest BCUT2D eigenvalue weighted by Gasteiger charge is 2.46. The molecule has 0 amide bonds. The van der Waals surface area contributed by atoms with Crippen LogP contribution in [0, 0.1) is 0 Å². The van der Waals surface area contributed by atoms with Crippen molar-refractivity contribution in [2.24, 2.45) is 0 Å². The molecule has 1 N–H and O–H groups in total. The van der Waals surface area contributed by atoms with E-state index < -0.39 is 0 Å². The van der Waals surface area contributed by atoms with Crippen LogP contribution < -0.4 is 0 Å². The maximum Gasteiger partial charge on any atom is 0.337 e. The highest BCUT2D eigenvalue weighted by molar-refractivity contribution is 5.18. The molecule has 1 aromatic carbocycles. The summed E-state index contributed by atoms with van der Waals surface area (Å²) in [5.41, 5.74) is 1.92.